The molecule has 1 N–H and O–H groups in total. The molecule has 0 radical (unpaired) electrons. The standard InChI is InChI=1S/C15H27N5O/c1-16-14(13-8-17-20(4)11-13)15(21)19(3)10-12-6-5-7-18(2)9-12/h8,11-12,14,16H,5-7,9-10H2,1-4H3. The van der Waals surface area contributed by atoms with Crippen LogP contribution >= 0.6 is 0 Å². The molecule has 6 nitrogen and oxygen atoms in total. The molecule has 2 atom stereocenters. The Bertz CT molecular complexity index is 472. The summed E-state index contributed by atoms with van der Waals surface area (Å²) in [6.45, 7) is 3.07. The summed E-state index contributed by atoms with van der Waals surface area (Å²) >= 11 is 0. The third-order valence-corrected chi connectivity index (χ3v) is 4.22. The molecule has 6 heteroatoms. The van der Waals surface area contributed by atoms with Gasteiger partial charge in [0.15, 0.2) is 0 Å². The number of aryl methyl sites for hydroxylation is 1. The van der Waals surface area contributed by atoms with Crippen molar-refractivity contribution in [2.45, 2.75) is 18.9 Å². The third-order valence-electron chi connectivity index (χ3n) is 4.22. The number of rotatable bonds is 5. The molecule has 2 rings (SSSR count). The van der Waals surface area contributed by atoms with Crippen molar-refractivity contribution in [3.8, 4) is 0 Å². The van der Waals surface area contributed by atoms with Crippen LogP contribution in [0.4, 0.5) is 0 Å². The zero-order chi connectivity index (χ0) is 15.4. The van der Waals surface area contributed by atoms with E-state index in [2.05, 4.69) is 22.4 Å². The summed E-state index contributed by atoms with van der Waals surface area (Å²) in [6, 6.07) is -0.315. The van der Waals surface area contributed by atoms with Crippen LogP contribution in [0, 0.1) is 5.92 Å². The van der Waals surface area contributed by atoms with Crippen molar-refractivity contribution in [1.82, 2.24) is 24.9 Å². The van der Waals surface area contributed by atoms with Crippen molar-refractivity contribution in [2.75, 3.05) is 40.8 Å². The molecule has 1 saturated heterocycles. The number of carbonyl (C=O) groups excluding carboxylic acids is 1. The van der Waals surface area contributed by atoms with Crippen molar-refractivity contribution in [3.63, 3.8) is 0 Å². The summed E-state index contributed by atoms with van der Waals surface area (Å²) in [4.78, 5) is 16.9. The molecule has 21 heavy (non-hydrogen) atoms. The summed E-state index contributed by atoms with van der Waals surface area (Å²) < 4.78 is 1.73. The number of hydrogen-bond donors (Lipinski definition) is 1. The molecule has 0 aromatic carbocycles. The third kappa shape index (κ3) is 4.04. The highest BCUT2D eigenvalue weighted by Gasteiger charge is 2.26. The number of nitrogens with one attached hydrogen (secondary N) is 1. The topological polar surface area (TPSA) is 53.4 Å². The molecule has 0 bridgehead atoms. The molecule has 1 aliphatic heterocycles. The van der Waals surface area contributed by atoms with Gasteiger partial charge in [-0.2, -0.15) is 5.10 Å². The van der Waals surface area contributed by atoms with E-state index in [1.807, 2.05) is 32.2 Å². The maximum Gasteiger partial charge on any atom is 0.244 e. The van der Waals surface area contributed by atoms with E-state index in [9.17, 15) is 4.79 Å². The van der Waals surface area contributed by atoms with Crippen LogP contribution in [-0.4, -0.2) is 66.3 Å². The van der Waals surface area contributed by atoms with Gasteiger partial charge >= 0.3 is 0 Å². The van der Waals surface area contributed by atoms with Crippen LogP contribution in [-0.2, 0) is 11.8 Å². The van der Waals surface area contributed by atoms with E-state index >= 15 is 0 Å². The lowest BCUT2D eigenvalue weighted by Crippen LogP contribution is -2.43. The molecule has 1 amide bonds. The maximum atomic E-state index is 12.7. The van der Waals surface area contributed by atoms with Crippen LogP contribution < -0.4 is 5.32 Å². The predicted octanol–water partition coefficient (Wildman–Crippen LogP) is 0.481. The molecule has 1 fully saturated rings. The second-order valence-corrected chi connectivity index (χ2v) is 6.16. The Morgan fingerprint density at radius 3 is 2.90 bits per heavy atom. The van der Waals surface area contributed by atoms with E-state index in [0.29, 0.717) is 5.92 Å². The normalized spacial score (nSPS) is 21.2. The molecule has 2 unspecified atom stereocenters. The van der Waals surface area contributed by atoms with E-state index in [0.717, 1.165) is 18.7 Å². The average molecular weight is 293 g/mol. The number of likely N-dealkylation sites (N-methyl/N-ethyl adjacent to an activating group) is 2. The fraction of sp³-hybridized carbons (Fsp3) is 0.733. The Morgan fingerprint density at radius 1 is 1.57 bits per heavy atom. The summed E-state index contributed by atoms with van der Waals surface area (Å²) in [6.07, 6.45) is 6.07. The molecule has 0 spiro atoms. The minimum Gasteiger partial charge on any atom is -0.344 e. The second kappa shape index (κ2) is 7.04. The van der Waals surface area contributed by atoms with Gasteiger partial charge in [-0.15, -0.1) is 0 Å². The first-order valence-electron chi connectivity index (χ1n) is 7.60. The van der Waals surface area contributed by atoms with Gasteiger partial charge in [0, 0.05) is 38.9 Å². The Labute approximate surface area is 127 Å². The fourth-order valence-electron chi connectivity index (χ4n) is 3.14. The number of aromatic nitrogens is 2. The summed E-state index contributed by atoms with van der Waals surface area (Å²) in [5, 5.41) is 7.26. The smallest absolute Gasteiger partial charge is 0.244 e. The largest absolute Gasteiger partial charge is 0.344 e. The van der Waals surface area contributed by atoms with Gasteiger partial charge in [-0.05, 0) is 39.4 Å². The summed E-state index contributed by atoms with van der Waals surface area (Å²) in [5.41, 5.74) is 0.914. The van der Waals surface area contributed by atoms with Crippen LogP contribution in [0.25, 0.3) is 0 Å². The summed E-state index contributed by atoms with van der Waals surface area (Å²) in [5.74, 6) is 0.683. The first-order chi connectivity index (χ1) is 10.0. The van der Waals surface area contributed by atoms with Crippen molar-refractivity contribution < 1.29 is 4.79 Å². The monoisotopic (exact) mass is 293 g/mol. The van der Waals surface area contributed by atoms with Gasteiger partial charge in [0.25, 0.3) is 0 Å². The highest BCUT2D eigenvalue weighted by molar-refractivity contribution is 5.82. The molecule has 0 saturated carbocycles. The van der Waals surface area contributed by atoms with Gasteiger partial charge in [0.1, 0.15) is 6.04 Å². The maximum absolute atomic E-state index is 12.7. The SMILES string of the molecule is CNC(C(=O)N(C)CC1CCCN(C)C1)c1cnn(C)c1. The highest BCUT2D eigenvalue weighted by atomic mass is 16.2. The second-order valence-electron chi connectivity index (χ2n) is 6.16. The fourth-order valence-corrected chi connectivity index (χ4v) is 3.14. The molecule has 0 aliphatic carbocycles. The predicted molar refractivity (Wildman–Crippen MR) is 82.9 cm³/mol. The van der Waals surface area contributed by atoms with E-state index < -0.39 is 0 Å². The Kier molecular flexibility index (Phi) is 5.36. The van der Waals surface area contributed by atoms with Crippen LogP contribution in [0.5, 0.6) is 0 Å². The van der Waals surface area contributed by atoms with E-state index in [1.165, 1.54) is 19.4 Å². The molecule has 1 aliphatic rings. The molecule has 1 aromatic rings. The van der Waals surface area contributed by atoms with Gasteiger partial charge in [-0.3, -0.25) is 9.48 Å². The lowest BCUT2D eigenvalue weighted by molar-refractivity contribution is -0.133. The van der Waals surface area contributed by atoms with Crippen LogP contribution in [0.15, 0.2) is 12.4 Å². The van der Waals surface area contributed by atoms with Crippen LogP contribution in [0.2, 0.25) is 0 Å². The number of carbonyl (C=O) groups is 1. The van der Waals surface area contributed by atoms with Gasteiger partial charge in [-0.25, -0.2) is 0 Å². The van der Waals surface area contributed by atoms with Gasteiger partial charge in [-0.1, -0.05) is 0 Å². The van der Waals surface area contributed by atoms with Crippen molar-refractivity contribution in [3.05, 3.63) is 18.0 Å². The van der Waals surface area contributed by atoms with E-state index in [4.69, 9.17) is 0 Å². The molecular formula is C15H27N5O. The van der Waals surface area contributed by atoms with Gasteiger partial charge in [0.05, 0.1) is 6.20 Å². The Hall–Kier alpha value is -1.40. The zero-order valence-electron chi connectivity index (χ0n) is 13.5. The number of piperidine rings is 1. The molecule has 1 aromatic heterocycles. The molecule has 118 valence electrons. The van der Waals surface area contributed by atoms with Gasteiger partial charge in [0.2, 0.25) is 5.91 Å². The van der Waals surface area contributed by atoms with Crippen molar-refractivity contribution in [1.29, 1.82) is 0 Å². The molecular weight excluding hydrogens is 266 g/mol. The van der Waals surface area contributed by atoms with E-state index in [1.54, 1.807) is 10.9 Å². The van der Waals surface area contributed by atoms with E-state index in [-0.39, 0.29) is 11.9 Å². The summed E-state index contributed by atoms with van der Waals surface area (Å²) in [7, 11) is 7.73. The van der Waals surface area contributed by atoms with Crippen molar-refractivity contribution in [2.24, 2.45) is 13.0 Å². The first kappa shape index (κ1) is 16.0. The number of amides is 1. The van der Waals surface area contributed by atoms with Gasteiger partial charge < -0.3 is 15.1 Å². The molecule has 2 heterocycles. The lowest BCUT2D eigenvalue weighted by atomic mass is 9.97. The number of nitrogens with zero attached hydrogens (tertiary/aromatic N) is 4. The Balaban J connectivity index is 1.96. The van der Waals surface area contributed by atoms with Crippen LogP contribution in [0.3, 0.4) is 0 Å². The minimum atomic E-state index is -0.315. The average Bonchev–Trinajstić information content (AvgIpc) is 2.86. The van der Waals surface area contributed by atoms with Crippen molar-refractivity contribution >= 4 is 5.91 Å². The van der Waals surface area contributed by atoms with Crippen LogP contribution in [0.1, 0.15) is 24.4 Å². The quantitative estimate of drug-likeness (QED) is 0.858. The lowest BCUT2D eigenvalue weighted by Gasteiger charge is -2.33. The number of hydrogen-bond acceptors (Lipinski definition) is 4. The number of likely N-dealkylation sites (tertiary alicyclic amines) is 1. The highest BCUT2D eigenvalue weighted by Crippen LogP contribution is 2.19. The zero-order valence-corrected chi connectivity index (χ0v) is 13.5. The first-order valence-corrected chi connectivity index (χ1v) is 7.60. The Morgan fingerprint density at radius 2 is 2.33 bits per heavy atom. The minimum absolute atomic E-state index is 0.110.